The zero-order valence-electron chi connectivity index (χ0n) is 9.28. The molecule has 0 aliphatic heterocycles. The molecule has 0 unspecified atom stereocenters. The van der Waals surface area contributed by atoms with E-state index in [-0.39, 0.29) is 5.91 Å². The molecule has 0 bridgehead atoms. The summed E-state index contributed by atoms with van der Waals surface area (Å²) in [5.41, 5.74) is 7.25. The van der Waals surface area contributed by atoms with E-state index in [1.165, 1.54) is 0 Å². The van der Waals surface area contributed by atoms with E-state index in [2.05, 4.69) is 27.9 Å². The Bertz CT molecular complexity index is 601. The van der Waals surface area contributed by atoms with Crippen molar-refractivity contribution in [3.8, 4) is 0 Å². The van der Waals surface area contributed by atoms with Crippen molar-refractivity contribution in [2.45, 2.75) is 0 Å². The second-order valence-electron chi connectivity index (χ2n) is 3.70. The van der Waals surface area contributed by atoms with Crippen molar-refractivity contribution in [1.29, 1.82) is 0 Å². The quantitative estimate of drug-likeness (QED) is 0.623. The first-order valence-corrected chi connectivity index (χ1v) is 6.64. The van der Waals surface area contributed by atoms with Crippen LogP contribution in [-0.4, -0.2) is 5.91 Å². The number of nitrogens with one attached hydrogen (secondary N) is 1. The number of hydrogen-bond acceptors (Lipinski definition) is 2. The Morgan fingerprint density at radius 1 is 1.22 bits per heavy atom. The molecule has 5 heteroatoms. The number of amides is 1. The van der Waals surface area contributed by atoms with Crippen LogP contribution in [-0.2, 0) is 0 Å². The molecule has 0 atom stereocenters. The lowest BCUT2D eigenvalue weighted by molar-refractivity contribution is 0.102. The van der Waals surface area contributed by atoms with Crippen molar-refractivity contribution in [1.82, 2.24) is 0 Å². The molecule has 1 amide bonds. The molecule has 0 heterocycles. The van der Waals surface area contributed by atoms with Gasteiger partial charge < -0.3 is 11.1 Å². The highest BCUT2D eigenvalue weighted by atomic mass is 127. The summed E-state index contributed by atoms with van der Waals surface area (Å²) in [7, 11) is 0. The molecular formula is C13H10ClIN2O. The van der Waals surface area contributed by atoms with Gasteiger partial charge in [-0.25, -0.2) is 0 Å². The molecule has 0 spiro atoms. The SMILES string of the molecule is Nc1ccc(Cl)c(C(=O)Nc2cccc(I)c2)c1. The molecule has 2 aromatic rings. The van der Waals surface area contributed by atoms with E-state index in [0.717, 1.165) is 9.26 Å². The molecule has 0 fully saturated rings. The van der Waals surface area contributed by atoms with Gasteiger partial charge in [0.15, 0.2) is 0 Å². The maximum Gasteiger partial charge on any atom is 0.257 e. The van der Waals surface area contributed by atoms with Crippen LogP contribution in [0.3, 0.4) is 0 Å². The Labute approximate surface area is 123 Å². The number of halogens is 2. The molecule has 0 saturated heterocycles. The van der Waals surface area contributed by atoms with E-state index < -0.39 is 0 Å². The number of carbonyl (C=O) groups excluding carboxylic acids is 1. The van der Waals surface area contributed by atoms with Gasteiger partial charge >= 0.3 is 0 Å². The summed E-state index contributed by atoms with van der Waals surface area (Å²) >= 11 is 8.15. The van der Waals surface area contributed by atoms with Gasteiger partial charge in [-0.15, -0.1) is 0 Å². The summed E-state index contributed by atoms with van der Waals surface area (Å²) in [6.07, 6.45) is 0. The first-order valence-electron chi connectivity index (χ1n) is 5.18. The van der Waals surface area contributed by atoms with Crippen LogP contribution < -0.4 is 11.1 Å². The standard InChI is InChI=1S/C13H10ClIN2O/c14-12-5-4-9(16)7-11(12)13(18)17-10-3-1-2-8(15)6-10/h1-7H,16H2,(H,17,18). The van der Waals surface area contributed by atoms with E-state index in [4.69, 9.17) is 17.3 Å². The van der Waals surface area contributed by atoms with Gasteiger partial charge in [-0.1, -0.05) is 17.7 Å². The summed E-state index contributed by atoms with van der Waals surface area (Å²) < 4.78 is 1.05. The average molecular weight is 373 g/mol. The number of carbonyl (C=O) groups is 1. The molecule has 2 aromatic carbocycles. The number of nitrogens with two attached hydrogens (primary N) is 1. The molecule has 3 nitrogen and oxygen atoms in total. The molecule has 0 radical (unpaired) electrons. The lowest BCUT2D eigenvalue weighted by Crippen LogP contribution is -2.12. The molecule has 0 saturated carbocycles. The van der Waals surface area contributed by atoms with Crippen LogP contribution in [0.1, 0.15) is 10.4 Å². The van der Waals surface area contributed by atoms with E-state index in [1.807, 2.05) is 24.3 Å². The van der Waals surface area contributed by atoms with Crippen molar-refractivity contribution in [3.05, 3.63) is 56.6 Å². The number of nitrogen functional groups attached to an aromatic ring is 1. The summed E-state index contributed by atoms with van der Waals surface area (Å²) in [5.74, 6) is -0.269. The third-order valence-electron chi connectivity index (χ3n) is 2.32. The Morgan fingerprint density at radius 2 is 2.00 bits per heavy atom. The van der Waals surface area contributed by atoms with Gasteiger partial charge in [0.25, 0.3) is 5.91 Å². The average Bonchev–Trinajstić information content (AvgIpc) is 2.32. The topological polar surface area (TPSA) is 55.1 Å². The Balaban J connectivity index is 2.24. The fourth-order valence-corrected chi connectivity index (χ4v) is 2.23. The van der Waals surface area contributed by atoms with Gasteiger partial charge in [0, 0.05) is 14.9 Å². The maximum absolute atomic E-state index is 12.0. The molecule has 0 aromatic heterocycles. The van der Waals surface area contributed by atoms with Crippen LogP contribution in [0.25, 0.3) is 0 Å². The number of rotatable bonds is 2. The zero-order chi connectivity index (χ0) is 13.1. The molecule has 2 rings (SSSR count). The van der Waals surface area contributed by atoms with Crippen molar-refractivity contribution in [2.75, 3.05) is 11.1 Å². The van der Waals surface area contributed by atoms with Crippen LogP contribution in [0, 0.1) is 3.57 Å². The van der Waals surface area contributed by atoms with E-state index >= 15 is 0 Å². The monoisotopic (exact) mass is 372 g/mol. The lowest BCUT2D eigenvalue weighted by Gasteiger charge is -2.07. The molecule has 3 N–H and O–H groups in total. The first-order chi connectivity index (χ1) is 8.56. The lowest BCUT2D eigenvalue weighted by atomic mass is 10.2. The fourth-order valence-electron chi connectivity index (χ4n) is 1.48. The third kappa shape index (κ3) is 3.14. The van der Waals surface area contributed by atoms with Gasteiger partial charge in [-0.05, 0) is 59.0 Å². The third-order valence-corrected chi connectivity index (χ3v) is 3.32. The molecule has 0 aliphatic rings. The molecule has 92 valence electrons. The molecular weight excluding hydrogens is 363 g/mol. The van der Waals surface area contributed by atoms with Crippen LogP contribution in [0.5, 0.6) is 0 Å². The largest absolute Gasteiger partial charge is 0.399 e. The van der Waals surface area contributed by atoms with Crippen LogP contribution in [0.15, 0.2) is 42.5 Å². The second kappa shape index (κ2) is 5.58. The highest BCUT2D eigenvalue weighted by Crippen LogP contribution is 2.21. The minimum atomic E-state index is -0.269. The minimum Gasteiger partial charge on any atom is -0.399 e. The van der Waals surface area contributed by atoms with E-state index in [1.54, 1.807) is 18.2 Å². The van der Waals surface area contributed by atoms with E-state index in [0.29, 0.717) is 16.3 Å². The van der Waals surface area contributed by atoms with Crippen molar-refractivity contribution in [3.63, 3.8) is 0 Å². The summed E-state index contributed by atoms with van der Waals surface area (Å²) in [6.45, 7) is 0. The van der Waals surface area contributed by atoms with Crippen molar-refractivity contribution < 1.29 is 4.79 Å². The first kappa shape index (κ1) is 13.2. The smallest absolute Gasteiger partial charge is 0.257 e. The Hall–Kier alpha value is -1.27. The fraction of sp³-hybridized carbons (Fsp3) is 0. The van der Waals surface area contributed by atoms with Gasteiger partial charge in [0.05, 0.1) is 10.6 Å². The Morgan fingerprint density at radius 3 is 2.72 bits per heavy atom. The van der Waals surface area contributed by atoms with Crippen LogP contribution in [0.2, 0.25) is 5.02 Å². The minimum absolute atomic E-state index is 0.269. The second-order valence-corrected chi connectivity index (χ2v) is 5.36. The summed E-state index contributed by atoms with van der Waals surface area (Å²) in [4.78, 5) is 12.0. The number of hydrogen-bond donors (Lipinski definition) is 2. The normalized spacial score (nSPS) is 10.1. The van der Waals surface area contributed by atoms with E-state index in [9.17, 15) is 4.79 Å². The zero-order valence-corrected chi connectivity index (χ0v) is 12.2. The van der Waals surface area contributed by atoms with Gasteiger partial charge in [0.2, 0.25) is 0 Å². The number of anilines is 2. The number of benzene rings is 2. The van der Waals surface area contributed by atoms with Gasteiger partial charge in [0.1, 0.15) is 0 Å². The summed E-state index contributed by atoms with van der Waals surface area (Å²) in [6, 6.07) is 12.3. The van der Waals surface area contributed by atoms with Crippen molar-refractivity contribution in [2.24, 2.45) is 0 Å². The van der Waals surface area contributed by atoms with Gasteiger partial charge in [-0.3, -0.25) is 4.79 Å². The highest BCUT2D eigenvalue weighted by molar-refractivity contribution is 14.1. The molecule has 18 heavy (non-hydrogen) atoms. The molecule has 0 aliphatic carbocycles. The maximum atomic E-state index is 12.0. The predicted molar refractivity (Wildman–Crippen MR) is 83.0 cm³/mol. The van der Waals surface area contributed by atoms with Crippen LogP contribution in [0.4, 0.5) is 11.4 Å². The van der Waals surface area contributed by atoms with Crippen LogP contribution >= 0.6 is 34.2 Å². The highest BCUT2D eigenvalue weighted by Gasteiger charge is 2.11. The summed E-state index contributed by atoms with van der Waals surface area (Å²) in [5, 5.41) is 3.17. The Kier molecular flexibility index (Phi) is 4.08. The van der Waals surface area contributed by atoms with Crippen molar-refractivity contribution >= 4 is 51.5 Å². The van der Waals surface area contributed by atoms with Gasteiger partial charge in [-0.2, -0.15) is 0 Å². The predicted octanol–water partition coefficient (Wildman–Crippen LogP) is 3.78.